The number of carbonyl (C=O) groups is 2. The Hall–Kier alpha value is -4.25. The zero-order chi connectivity index (χ0) is 27.7. The highest BCUT2D eigenvalue weighted by Gasteiger charge is 2.20. The van der Waals surface area contributed by atoms with Crippen LogP contribution in [0.4, 0.5) is 20.2 Å². The fourth-order valence-electron chi connectivity index (χ4n) is 3.24. The predicted molar refractivity (Wildman–Crippen MR) is 137 cm³/mol. The first-order valence-electron chi connectivity index (χ1n) is 11.3. The van der Waals surface area contributed by atoms with Crippen molar-refractivity contribution in [1.29, 1.82) is 0 Å². The van der Waals surface area contributed by atoms with Gasteiger partial charge in [-0.2, -0.15) is 0 Å². The Labute approximate surface area is 222 Å². The highest BCUT2D eigenvalue weighted by Crippen LogP contribution is 2.35. The third kappa shape index (κ3) is 7.39. The van der Waals surface area contributed by atoms with Gasteiger partial charge >= 0.3 is 0 Å². The van der Waals surface area contributed by atoms with Gasteiger partial charge in [-0.25, -0.2) is 8.78 Å². The molecule has 12 heteroatoms. The summed E-state index contributed by atoms with van der Waals surface area (Å²) in [6, 6.07) is 12.8. The number of alkyl halides is 2. The first-order chi connectivity index (χ1) is 18.2. The molecule has 0 saturated heterocycles. The molecule has 0 bridgehead atoms. The number of phenols is 1. The lowest BCUT2D eigenvalue weighted by Crippen LogP contribution is -2.30. The molecule has 38 heavy (non-hydrogen) atoms. The van der Waals surface area contributed by atoms with Crippen LogP contribution in [0.15, 0.2) is 54.6 Å². The monoisotopic (exact) mass is 550 g/mol. The van der Waals surface area contributed by atoms with E-state index >= 15 is 0 Å². The van der Waals surface area contributed by atoms with Gasteiger partial charge in [-0.1, -0.05) is 11.6 Å². The van der Waals surface area contributed by atoms with Crippen molar-refractivity contribution in [1.82, 2.24) is 0 Å². The zero-order valence-corrected chi connectivity index (χ0v) is 21.2. The third-order valence-corrected chi connectivity index (χ3v) is 5.35. The van der Waals surface area contributed by atoms with E-state index in [0.717, 1.165) is 12.1 Å². The van der Waals surface area contributed by atoms with E-state index in [0.29, 0.717) is 18.1 Å². The Bertz CT molecular complexity index is 1280. The van der Waals surface area contributed by atoms with Gasteiger partial charge in [0.25, 0.3) is 11.8 Å². The van der Waals surface area contributed by atoms with Crippen molar-refractivity contribution >= 4 is 34.8 Å². The first kappa shape index (κ1) is 28.3. The minimum absolute atomic E-state index is 0.00615. The molecule has 0 heterocycles. The van der Waals surface area contributed by atoms with E-state index in [1.807, 2.05) is 6.92 Å². The Morgan fingerprint density at radius 3 is 2.21 bits per heavy atom. The summed E-state index contributed by atoms with van der Waals surface area (Å²) in [6.45, 7) is 1.56. The first-order valence-corrected chi connectivity index (χ1v) is 11.7. The molecule has 3 N–H and O–H groups in total. The van der Waals surface area contributed by atoms with Crippen LogP contribution in [-0.4, -0.2) is 43.4 Å². The standard InChI is InChI=1S/C26H25ClF2N2O7/c1-3-35-16-4-6-17(7-5-16)38-15(2)25(33)30-21-12-23(32)22(11-20(21)27)31-26(34)19-9-8-18(36-13-28)10-24(19)37-14-29/h4-12,15,32H,3,13-14H2,1-2H3,(H,30,33)(H,31,34). The van der Waals surface area contributed by atoms with Crippen LogP contribution in [0.2, 0.25) is 5.02 Å². The normalized spacial score (nSPS) is 11.3. The lowest BCUT2D eigenvalue weighted by molar-refractivity contribution is -0.122. The van der Waals surface area contributed by atoms with Gasteiger partial charge < -0.3 is 34.7 Å². The molecule has 3 rings (SSSR count). The number of hydrogen-bond donors (Lipinski definition) is 3. The Morgan fingerprint density at radius 1 is 0.895 bits per heavy atom. The number of benzene rings is 3. The number of carbonyl (C=O) groups excluding carboxylic acids is 2. The van der Waals surface area contributed by atoms with Gasteiger partial charge in [0.15, 0.2) is 6.10 Å². The van der Waals surface area contributed by atoms with Crippen molar-refractivity contribution in [3.63, 3.8) is 0 Å². The Balaban J connectivity index is 1.69. The van der Waals surface area contributed by atoms with E-state index in [4.69, 9.17) is 25.8 Å². The van der Waals surface area contributed by atoms with Crippen LogP contribution in [0.25, 0.3) is 0 Å². The van der Waals surface area contributed by atoms with E-state index in [1.54, 1.807) is 24.3 Å². The van der Waals surface area contributed by atoms with Crippen molar-refractivity contribution in [3.05, 3.63) is 65.2 Å². The summed E-state index contributed by atoms with van der Waals surface area (Å²) < 4.78 is 45.7. The number of nitrogens with one attached hydrogen (secondary N) is 2. The average molecular weight is 551 g/mol. The highest BCUT2D eigenvalue weighted by molar-refractivity contribution is 6.34. The minimum Gasteiger partial charge on any atom is -0.506 e. The van der Waals surface area contributed by atoms with Gasteiger partial charge in [-0.3, -0.25) is 9.59 Å². The van der Waals surface area contributed by atoms with Gasteiger partial charge in [0.2, 0.25) is 13.7 Å². The molecule has 2 amide bonds. The second-order valence-corrected chi connectivity index (χ2v) is 8.03. The summed E-state index contributed by atoms with van der Waals surface area (Å²) in [7, 11) is 0. The smallest absolute Gasteiger partial charge is 0.265 e. The van der Waals surface area contributed by atoms with Crippen molar-refractivity contribution in [2.75, 3.05) is 31.0 Å². The summed E-state index contributed by atoms with van der Waals surface area (Å²) in [5, 5.41) is 15.4. The van der Waals surface area contributed by atoms with Gasteiger partial charge in [-0.05, 0) is 56.3 Å². The van der Waals surface area contributed by atoms with Crippen LogP contribution in [0.1, 0.15) is 24.2 Å². The largest absolute Gasteiger partial charge is 0.506 e. The van der Waals surface area contributed by atoms with Crippen LogP contribution >= 0.6 is 11.6 Å². The lowest BCUT2D eigenvalue weighted by atomic mass is 10.1. The Kier molecular flexibility index (Phi) is 9.94. The zero-order valence-electron chi connectivity index (χ0n) is 20.4. The third-order valence-electron chi connectivity index (χ3n) is 5.04. The van der Waals surface area contributed by atoms with E-state index in [-0.39, 0.29) is 33.5 Å². The number of hydrogen-bond acceptors (Lipinski definition) is 7. The maximum Gasteiger partial charge on any atom is 0.265 e. The molecule has 0 aliphatic rings. The molecular weight excluding hydrogens is 526 g/mol. The molecule has 202 valence electrons. The maximum atomic E-state index is 12.8. The number of rotatable bonds is 12. The topological polar surface area (TPSA) is 115 Å². The number of amides is 2. The molecule has 0 fully saturated rings. The van der Waals surface area contributed by atoms with E-state index in [9.17, 15) is 23.5 Å². The fraction of sp³-hybridized carbons (Fsp3) is 0.231. The number of aromatic hydroxyl groups is 1. The van der Waals surface area contributed by atoms with Gasteiger partial charge in [0.05, 0.1) is 28.6 Å². The van der Waals surface area contributed by atoms with Gasteiger partial charge in [0, 0.05) is 12.1 Å². The van der Waals surface area contributed by atoms with Crippen molar-refractivity contribution < 1.29 is 42.4 Å². The number of phenolic OH excluding ortho intramolecular Hbond substituents is 1. The second kappa shape index (κ2) is 13.3. The number of ether oxygens (including phenoxy) is 4. The Morgan fingerprint density at radius 2 is 1.55 bits per heavy atom. The van der Waals surface area contributed by atoms with Crippen molar-refractivity contribution in [3.8, 4) is 28.7 Å². The van der Waals surface area contributed by atoms with E-state index < -0.39 is 37.4 Å². The average Bonchev–Trinajstić information content (AvgIpc) is 2.88. The van der Waals surface area contributed by atoms with Gasteiger partial charge in [-0.15, -0.1) is 0 Å². The molecule has 0 saturated carbocycles. The minimum atomic E-state index is -1.24. The van der Waals surface area contributed by atoms with Crippen LogP contribution in [-0.2, 0) is 4.79 Å². The molecule has 0 aromatic heterocycles. The van der Waals surface area contributed by atoms with Crippen molar-refractivity contribution in [2.45, 2.75) is 20.0 Å². The van der Waals surface area contributed by atoms with Crippen molar-refractivity contribution in [2.24, 2.45) is 0 Å². The SMILES string of the molecule is CCOc1ccc(OC(C)C(=O)Nc2cc(O)c(NC(=O)c3ccc(OCF)cc3OCF)cc2Cl)cc1. The second-order valence-electron chi connectivity index (χ2n) is 7.62. The highest BCUT2D eigenvalue weighted by atomic mass is 35.5. The van der Waals surface area contributed by atoms with Gasteiger partial charge in [0.1, 0.15) is 28.7 Å². The summed E-state index contributed by atoms with van der Waals surface area (Å²) in [5.74, 6) is -0.792. The molecule has 3 aromatic rings. The number of halogens is 3. The molecule has 0 aliphatic carbocycles. The van der Waals surface area contributed by atoms with Crippen LogP contribution in [0.5, 0.6) is 28.7 Å². The molecule has 9 nitrogen and oxygen atoms in total. The maximum absolute atomic E-state index is 12.8. The summed E-state index contributed by atoms with van der Waals surface area (Å²) >= 11 is 6.27. The summed E-state index contributed by atoms with van der Waals surface area (Å²) in [4.78, 5) is 25.4. The summed E-state index contributed by atoms with van der Waals surface area (Å²) in [5.41, 5.74) is -0.127. The lowest BCUT2D eigenvalue weighted by Gasteiger charge is -2.17. The molecule has 1 atom stereocenters. The molecule has 0 spiro atoms. The van der Waals surface area contributed by atoms with Crippen LogP contribution in [0, 0.1) is 0 Å². The fourth-order valence-corrected chi connectivity index (χ4v) is 3.45. The summed E-state index contributed by atoms with van der Waals surface area (Å²) in [6.07, 6.45) is -0.913. The molecule has 0 radical (unpaired) electrons. The van der Waals surface area contributed by atoms with Crippen LogP contribution in [0.3, 0.4) is 0 Å². The van der Waals surface area contributed by atoms with E-state index in [1.165, 1.54) is 25.1 Å². The quantitative estimate of drug-likeness (QED) is 0.247. The molecule has 0 aliphatic heterocycles. The predicted octanol–water partition coefficient (Wildman–Crippen LogP) is 5.71. The number of anilines is 2. The molecule has 3 aromatic carbocycles. The molecular formula is C26H25ClF2N2O7. The molecule has 1 unspecified atom stereocenters. The van der Waals surface area contributed by atoms with Crippen LogP contribution < -0.4 is 29.6 Å². The van der Waals surface area contributed by atoms with E-state index in [2.05, 4.69) is 15.4 Å².